The van der Waals surface area contributed by atoms with Crippen molar-refractivity contribution in [2.75, 3.05) is 0 Å². The van der Waals surface area contributed by atoms with Crippen molar-refractivity contribution in [3.05, 3.63) is 24.0 Å². The largest absolute Gasteiger partial charge is 0.293 e. The second-order valence-electron chi connectivity index (χ2n) is 1.67. The average Bonchev–Trinajstić information content (AvgIpc) is 1.90. The molecule has 0 amide bonds. The number of Topliss-reactive ketones (excluding diaryl/α,β-unsaturated/α-hetero) is 1. The normalized spacial score (nSPS) is 9.00. The predicted octanol–water partition coefficient (Wildman–Crippen LogP) is 0.679. The van der Waals surface area contributed by atoms with Crippen molar-refractivity contribution in [1.29, 1.82) is 0 Å². The van der Waals surface area contributed by atoms with Gasteiger partial charge >= 0.3 is 0 Å². The summed E-state index contributed by atoms with van der Waals surface area (Å²) in [5, 5.41) is 7.11. The minimum absolute atomic E-state index is 0.0527. The van der Waals surface area contributed by atoms with Crippen molar-refractivity contribution in [2.24, 2.45) is 0 Å². The van der Waals surface area contributed by atoms with E-state index in [1.807, 2.05) is 0 Å². The number of carbonyl (C=O) groups is 1. The molecule has 0 N–H and O–H groups in total. The Kier molecular flexibility index (Phi) is 1.53. The van der Waals surface area contributed by atoms with E-state index in [-0.39, 0.29) is 5.78 Å². The average molecular weight is 122 g/mol. The summed E-state index contributed by atoms with van der Waals surface area (Å²) < 4.78 is 0. The first-order valence-corrected chi connectivity index (χ1v) is 2.59. The summed E-state index contributed by atoms with van der Waals surface area (Å²) in [5.41, 5.74) is 0.414. The van der Waals surface area contributed by atoms with Crippen LogP contribution in [0.5, 0.6) is 0 Å². The van der Waals surface area contributed by atoms with Crippen LogP contribution in [-0.2, 0) is 0 Å². The lowest BCUT2D eigenvalue weighted by Gasteiger charge is -1.87. The van der Waals surface area contributed by atoms with Crippen LogP contribution >= 0.6 is 0 Å². The van der Waals surface area contributed by atoms with E-state index in [1.165, 1.54) is 13.1 Å². The highest BCUT2D eigenvalue weighted by Gasteiger charge is 1.96. The maximum Gasteiger partial charge on any atom is 0.180 e. The Labute approximate surface area is 52.7 Å². The van der Waals surface area contributed by atoms with Crippen molar-refractivity contribution in [2.45, 2.75) is 6.92 Å². The fourth-order valence-corrected chi connectivity index (χ4v) is 0.489. The molecule has 0 saturated carbocycles. The number of rotatable bonds is 1. The Hall–Kier alpha value is -1.25. The molecule has 0 spiro atoms. The van der Waals surface area contributed by atoms with E-state index in [0.717, 1.165) is 0 Å². The maximum atomic E-state index is 10.5. The zero-order valence-corrected chi connectivity index (χ0v) is 5.03. The van der Waals surface area contributed by atoms with Crippen LogP contribution in [0.3, 0.4) is 0 Å². The summed E-state index contributed by atoms with van der Waals surface area (Å²) in [4.78, 5) is 10.5. The van der Waals surface area contributed by atoms with Gasteiger partial charge in [0.2, 0.25) is 0 Å². The van der Waals surface area contributed by atoms with Crippen LogP contribution < -0.4 is 0 Å². The van der Waals surface area contributed by atoms with Gasteiger partial charge < -0.3 is 0 Å². The van der Waals surface area contributed by atoms with Gasteiger partial charge in [-0.3, -0.25) is 4.79 Å². The highest BCUT2D eigenvalue weighted by atomic mass is 16.1. The number of nitrogens with zero attached hydrogens (tertiary/aromatic N) is 2. The van der Waals surface area contributed by atoms with Crippen LogP contribution in [0.1, 0.15) is 17.4 Å². The first kappa shape index (κ1) is 5.88. The Morgan fingerprint density at radius 3 is 2.78 bits per heavy atom. The van der Waals surface area contributed by atoms with Gasteiger partial charge in [0.15, 0.2) is 5.78 Å². The predicted molar refractivity (Wildman–Crippen MR) is 32.0 cm³/mol. The SMILES string of the molecule is CC(=O)c1cccnn1. The van der Waals surface area contributed by atoms with E-state index < -0.39 is 0 Å². The molecule has 1 heterocycles. The zero-order chi connectivity index (χ0) is 6.69. The molecule has 9 heavy (non-hydrogen) atoms. The van der Waals surface area contributed by atoms with E-state index in [1.54, 1.807) is 12.1 Å². The number of hydrogen-bond acceptors (Lipinski definition) is 3. The fraction of sp³-hybridized carbons (Fsp3) is 0.167. The summed E-state index contributed by atoms with van der Waals surface area (Å²) in [6, 6.07) is 3.32. The minimum atomic E-state index is -0.0527. The first-order chi connectivity index (χ1) is 4.30. The van der Waals surface area contributed by atoms with Gasteiger partial charge in [-0.15, -0.1) is 5.10 Å². The number of hydrogen-bond donors (Lipinski definition) is 0. The van der Waals surface area contributed by atoms with Gasteiger partial charge in [-0.2, -0.15) is 5.10 Å². The molecule has 0 unspecified atom stereocenters. The van der Waals surface area contributed by atoms with E-state index >= 15 is 0 Å². The molecule has 0 aliphatic carbocycles. The fourth-order valence-electron chi connectivity index (χ4n) is 0.489. The van der Waals surface area contributed by atoms with Crippen LogP contribution in [0.2, 0.25) is 0 Å². The van der Waals surface area contributed by atoms with Gasteiger partial charge in [-0.1, -0.05) is 0 Å². The van der Waals surface area contributed by atoms with Crippen LogP contribution in [0, 0.1) is 0 Å². The Balaban J connectivity index is 2.98. The number of carbonyl (C=O) groups excluding carboxylic acids is 1. The highest BCUT2D eigenvalue weighted by molar-refractivity contribution is 5.91. The van der Waals surface area contributed by atoms with Crippen LogP contribution in [0.25, 0.3) is 0 Å². The van der Waals surface area contributed by atoms with E-state index in [0.29, 0.717) is 5.69 Å². The Morgan fingerprint density at radius 2 is 2.44 bits per heavy atom. The minimum Gasteiger partial charge on any atom is -0.293 e. The molecular formula is C6H6N2O. The lowest BCUT2D eigenvalue weighted by Crippen LogP contribution is -1.96. The molecule has 0 aromatic carbocycles. The first-order valence-electron chi connectivity index (χ1n) is 2.59. The van der Waals surface area contributed by atoms with E-state index in [4.69, 9.17) is 0 Å². The molecule has 3 nitrogen and oxygen atoms in total. The van der Waals surface area contributed by atoms with Crippen LogP contribution in [0.15, 0.2) is 18.3 Å². The smallest absolute Gasteiger partial charge is 0.180 e. The molecule has 0 bridgehead atoms. The maximum absolute atomic E-state index is 10.5. The van der Waals surface area contributed by atoms with Crippen LogP contribution in [0.4, 0.5) is 0 Å². The standard InChI is InChI=1S/C6H6N2O/c1-5(9)6-3-2-4-7-8-6/h2-4H,1H3. The third-order valence-electron chi connectivity index (χ3n) is 0.933. The summed E-state index contributed by atoms with van der Waals surface area (Å²) in [7, 11) is 0. The van der Waals surface area contributed by atoms with Gasteiger partial charge in [0.1, 0.15) is 5.69 Å². The second kappa shape index (κ2) is 2.35. The quantitative estimate of drug-likeness (QED) is 0.514. The van der Waals surface area contributed by atoms with Gasteiger partial charge in [-0.25, -0.2) is 0 Å². The lowest BCUT2D eigenvalue weighted by molar-refractivity contribution is 0.101. The summed E-state index contributed by atoms with van der Waals surface area (Å²) in [5.74, 6) is -0.0527. The van der Waals surface area contributed by atoms with E-state index in [2.05, 4.69) is 10.2 Å². The molecule has 0 atom stereocenters. The van der Waals surface area contributed by atoms with Gasteiger partial charge in [0.25, 0.3) is 0 Å². The molecule has 0 aliphatic heterocycles. The lowest BCUT2D eigenvalue weighted by atomic mass is 10.3. The molecule has 0 fully saturated rings. The number of aromatic nitrogens is 2. The Morgan fingerprint density at radius 1 is 1.67 bits per heavy atom. The third kappa shape index (κ3) is 1.32. The summed E-state index contributed by atoms with van der Waals surface area (Å²) in [6.45, 7) is 1.46. The van der Waals surface area contributed by atoms with Gasteiger partial charge in [0.05, 0.1) is 0 Å². The molecule has 0 aliphatic rings. The molecule has 3 heteroatoms. The molecular weight excluding hydrogens is 116 g/mol. The molecule has 46 valence electrons. The molecule has 0 saturated heterocycles. The topological polar surface area (TPSA) is 42.9 Å². The summed E-state index contributed by atoms with van der Waals surface area (Å²) >= 11 is 0. The van der Waals surface area contributed by atoms with Crippen LogP contribution in [-0.4, -0.2) is 16.0 Å². The zero-order valence-electron chi connectivity index (χ0n) is 5.03. The van der Waals surface area contributed by atoms with Gasteiger partial charge in [-0.05, 0) is 12.1 Å². The van der Waals surface area contributed by atoms with Gasteiger partial charge in [0, 0.05) is 13.1 Å². The molecule has 1 aromatic rings. The van der Waals surface area contributed by atoms with E-state index in [9.17, 15) is 4.79 Å². The number of ketones is 1. The highest BCUT2D eigenvalue weighted by Crippen LogP contribution is 1.89. The molecule has 1 aromatic heterocycles. The van der Waals surface area contributed by atoms with Crippen molar-refractivity contribution in [3.8, 4) is 0 Å². The summed E-state index contributed by atoms with van der Waals surface area (Å²) in [6.07, 6.45) is 1.53. The second-order valence-corrected chi connectivity index (χ2v) is 1.67. The van der Waals surface area contributed by atoms with Crippen molar-refractivity contribution < 1.29 is 4.79 Å². The monoisotopic (exact) mass is 122 g/mol. The van der Waals surface area contributed by atoms with Crippen molar-refractivity contribution in [3.63, 3.8) is 0 Å². The van der Waals surface area contributed by atoms with Crippen molar-refractivity contribution >= 4 is 5.78 Å². The molecule has 0 radical (unpaired) electrons. The Bertz CT molecular complexity index is 208. The van der Waals surface area contributed by atoms with Crippen molar-refractivity contribution in [1.82, 2.24) is 10.2 Å². The molecule has 1 rings (SSSR count). The third-order valence-corrected chi connectivity index (χ3v) is 0.933.